The first-order valence-electron chi connectivity index (χ1n) is 10.3. The molecule has 0 aliphatic heterocycles. The molecule has 2 aromatic heterocycles. The third-order valence-electron chi connectivity index (χ3n) is 5.54. The van der Waals surface area contributed by atoms with Crippen LogP contribution in [0, 0.1) is 27.7 Å². The fraction of sp³-hybridized carbons (Fsp3) is 0.231. The summed E-state index contributed by atoms with van der Waals surface area (Å²) in [5.74, 6) is 0. The van der Waals surface area contributed by atoms with E-state index in [1.165, 1.54) is 16.8 Å². The van der Waals surface area contributed by atoms with Crippen molar-refractivity contribution in [3.8, 4) is 5.69 Å². The summed E-state index contributed by atoms with van der Waals surface area (Å²) in [6.45, 7) is 8.79. The summed E-state index contributed by atoms with van der Waals surface area (Å²) >= 11 is 0. The van der Waals surface area contributed by atoms with Gasteiger partial charge in [-0.15, -0.1) is 0 Å². The van der Waals surface area contributed by atoms with Gasteiger partial charge in [0.2, 0.25) is 0 Å². The summed E-state index contributed by atoms with van der Waals surface area (Å²) < 4.78 is 3.92. The van der Waals surface area contributed by atoms with E-state index >= 15 is 0 Å². The van der Waals surface area contributed by atoms with Crippen molar-refractivity contribution < 1.29 is 0 Å². The molecule has 0 bridgehead atoms. The monoisotopic (exact) mass is 397 g/mol. The van der Waals surface area contributed by atoms with Crippen LogP contribution in [0.3, 0.4) is 0 Å². The van der Waals surface area contributed by atoms with E-state index in [9.17, 15) is 4.79 Å². The number of hydrogen-bond donors (Lipinski definition) is 0. The van der Waals surface area contributed by atoms with Crippen molar-refractivity contribution in [2.45, 2.75) is 40.7 Å². The minimum Gasteiger partial charge on any atom is -0.330 e. The van der Waals surface area contributed by atoms with Gasteiger partial charge in [0, 0.05) is 36.1 Å². The van der Waals surface area contributed by atoms with E-state index in [4.69, 9.17) is 0 Å². The molecule has 0 aliphatic rings. The maximum atomic E-state index is 12.9. The topological polar surface area (TPSA) is 39.8 Å². The lowest BCUT2D eigenvalue weighted by atomic mass is 10.1. The van der Waals surface area contributed by atoms with Gasteiger partial charge >= 0.3 is 0 Å². The highest BCUT2D eigenvalue weighted by molar-refractivity contribution is 5.38. The maximum absolute atomic E-state index is 12.9. The molecule has 0 N–H and O–H groups in total. The first-order valence-corrected chi connectivity index (χ1v) is 10.3. The van der Waals surface area contributed by atoms with Crippen molar-refractivity contribution in [2.24, 2.45) is 0 Å². The van der Waals surface area contributed by atoms with Gasteiger partial charge in [-0.05, 0) is 62.6 Å². The summed E-state index contributed by atoms with van der Waals surface area (Å²) in [5.41, 5.74) is 8.68. The summed E-state index contributed by atoms with van der Waals surface area (Å²) in [6.07, 6.45) is 2.70. The number of hydrogen-bond acceptors (Lipinski definition) is 2. The lowest BCUT2D eigenvalue weighted by Gasteiger charge is -2.14. The molecule has 2 heterocycles. The van der Waals surface area contributed by atoms with E-state index in [1.54, 1.807) is 10.6 Å². The van der Waals surface area contributed by atoms with Crippen LogP contribution in [0.4, 0.5) is 0 Å². The molecule has 0 fully saturated rings. The average Bonchev–Trinajstić information content (AvgIpc) is 3.03. The third kappa shape index (κ3) is 4.13. The van der Waals surface area contributed by atoms with E-state index in [2.05, 4.69) is 46.8 Å². The van der Waals surface area contributed by atoms with Crippen molar-refractivity contribution in [1.29, 1.82) is 0 Å². The van der Waals surface area contributed by atoms with Crippen molar-refractivity contribution >= 4 is 0 Å². The van der Waals surface area contributed by atoms with Crippen LogP contribution in [-0.4, -0.2) is 14.1 Å². The minimum absolute atomic E-state index is 0.00692. The Hall–Kier alpha value is -3.40. The Morgan fingerprint density at radius 2 is 1.60 bits per heavy atom. The average molecular weight is 398 g/mol. The molecule has 2 aromatic carbocycles. The molecule has 0 unspecified atom stereocenters. The lowest BCUT2D eigenvalue weighted by molar-refractivity contribution is 0.744. The van der Waals surface area contributed by atoms with Crippen LogP contribution in [0.2, 0.25) is 0 Å². The number of nitrogens with zero attached hydrogens (tertiary/aromatic N) is 3. The van der Waals surface area contributed by atoms with Gasteiger partial charge in [-0.1, -0.05) is 42.0 Å². The summed E-state index contributed by atoms with van der Waals surface area (Å²) in [6, 6.07) is 20.5. The zero-order chi connectivity index (χ0) is 21.3. The van der Waals surface area contributed by atoms with Crippen LogP contribution in [0.1, 0.15) is 39.3 Å². The summed E-state index contributed by atoms with van der Waals surface area (Å²) in [5, 5.41) is 0. The van der Waals surface area contributed by atoms with Crippen molar-refractivity contribution in [3.05, 3.63) is 117 Å². The zero-order valence-corrected chi connectivity index (χ0v) is 18.0. The third-order valence-corrected chi connectivity index (χ3v) is 5.54. The second kappa shape index (κ2) is 8.15. The van der Waals surface area contributed by atoms with E-state index in [1.807, 2.05) is 51.4 Å². The number of benzene rings is 2. The Morgan fingerprint density at radius 1 is 0.833 bits per heavy atom. The normalized spacial score (nSPS) is 11.1. The molecule has 4 aromatic rings. The van der Waals surface area contributed by atoms with Crippen LogP contribution >= 0.6 is 0 Å². The van der Waals surface area contributed by atoms with Gasteiger partial charge < -0.3 is 4.57 Å². The van der Waals surface area contributed by atoms with E-state index in [0.717, 1.165) is 34.6 Å². The standard InChI is InChI=1S/C26H27N3O/c1-18-8-10-22(11-9-18)14-25-21(4)27-17-28(25)16-23-13-20(3)29(26(30)15-23)24-7-5-6-19(2)12-24/h5-13,15,17H,14,16H2,1-4H3. The van der Waals surface area contributed by atoms with Gasteiger partial charge in [0.1, 0.15) is 0 Å². The van der Waals surface area contributed by atoms with Crippen molar-refractivity contribution in [2.75, 3.05) is 0 Å². The molecule has 0 atom stereocenters. The number of rotatable bonds is 5. The molecule has 0 aliphatic carbocycles. The van der Waals surface area contributed by atoms with E-state index in [0.29, 0.717) is 6.54 Å². The molecule has 4 heteroatoms. The minimum atomic E-state index is -0.00692. The van der Waals surface area contributed by atoms with Crippen LogP contribution in [0.15, 0.2) is 71.8 Å². The van der Waals surface area contributed by atoms with Gasteiger partial charge in [0.05, 0.1) is 12.0 Å². The second-order valence-electron chi connectivity index (χ2n) is 8.08. The molecule has 0 spiro atoms. The SMILES string of the molecule is Cc1ccc(Cc2c(C)ncn2Cc2cc(C)n(-c3cccc(C)c3)c(=O)c2)cc1. The number of aromatic nitrogens is 3. The molecule has 0 saturated heterocycles. The molecule has 0 amide bonds. The molecule has 0 radical (unpaired) electrons. The van der Waals surface area contributed by atoms with Crippen LogP contribution < -0.4 is 5.56 Å². The lowest BCUT2D eigenvalue weighted by Crippen LogP contribution is -2.21. The molecular weight excluding hydrogens is 370 g/mol. The van der Waals surface area contributed by atoms with Crippen LogP contribution in [0.25, 0.3) is 5.69 Å². The van der Waals surface area contributed by atoms with Crippen molar-refractivity contribution in [1.82, 2.24) is 14.1 Å². The van der Waals surface area contributed by atoms with Crippen LogP contribution in [-0.2, 0) is 13.0 Å². The Kier molecular flexibility index (Phi) is 5.40. The number of imidazole rings is 1. The maximum Gasteiger partial charge on any atom is 0.255 e. The predicted molar refractivity (Wildman–Crippen MR) is 122 cm³/mol. The second-order valence-corrected chi connectivity index (χ2v) is 8.08. The molecule has 30 heavy (non-hydrogen) atoms. The Bertz CT molecular complexity index is 1250. The molecular formula is C26H27N3O. The fourth-order valence-corrected chi connectivity index (χ4v) is 3.93. The van der Waals surface area contributed by atoms with Gasteiger partial charge in [0.25, 0.3) is 5.56 Å². The molecule has 4 nitrogen and oxygen atoms in total. The van der Waals surface area contributed by atoms with Crippen molar-refractivity contribution in [3.63, 3.8) is 0 Å². The van der Waals surface area contributed by atoms with Crippen LogP contribution in [0.5, 0.6) is 0 Å². The first kappa shape index (κ1) is 19.9. The fourth-order valence-electron chi connectivity index (χ4n) is 3.93. The Morgan fingerprint density at radius 3 is 2.30 bits per heavy atom. The zero-order valence-electron chi connectivity index (χ0n) is 18.0. The smallest absolute Gasteiger partial charge is 0.255 e. The summed E-state index contributed by atoms with van der Waals surface area (Å²) in [4.78, 5) is 17.4. The van der Waals surface area contributed by atoms with Gasteiger partial charge in [-0.2, -0.15) is 0 Å². The summed E-state index contributed by atoms with van der Waals surface area (Å²) in [7, 11) is 0. The number of aryl methyl sites for hydroxylation is 4. The first-order chi connectivity index (χ1) is 14.4. The molecule has 0 saturated carbocycles. The number of pyridine rings is 1. The van der Waals surface area contributed by atoms with Gasteiger partial charge in [-0.3, -0.25) is 9.36 Å². The highest BCUT2D eigenvalue weighted by Gasteiger charge is 2.11. The largest absolute Gasteiger partial charge is 0.330 e. The molecule has 152 valence electrons. The predicted octanol–water partition coefficient (Wildman–Crippen LogP) is 4.91. The highest BCUT2D eigenvalue weighted by atomic mass is 16.1. The van der Waals surface area contributed by atoms with Gasteiger partial charge in [0.15, 0.2) is 0 Å². The van der Waals surface area contributed by atoms with Gasteiger partial charge in [-0.25, -0.2) is 4.98 Å². The molecule has 4 rings (SSSR count). The van der Waals surface area contributed by atoms with E-state index in [-0.39, 0.29) is 5.56 Å². The quantitative estimate of drug-likeness (QED) is 0.480. The highest BCUT2D eigenvalue weighted by Crippen LogP contribution is 2.17. The Balaban J connectivity index is 1.64. The Labute approximate surface area is 177 Å². The van der Waals surface area contributed by atoms with E-state index < -0.39 is 0 Å².